The highest BCUT2D eigenvalue weighted by Crippen LogP contribution is 2.00. The molecule has 0 aromatic heterocycles. The molecule has 0 fully saturated rings. The zero-order chi connectivity index (χ0) is 10.8. The van der Waals surface area contributed by atoms with Crippen LogP contribution in [0, 0.1) is 0 Å². The molecule has 0 radical (unpaired) electrons. The second-order valence-corrected chi connectivity index (χ2v) is 2.98. The number of rotatable bonds is 6. The highest BCUT2D eigenvalue weighted by atomic mass is 16.7. The smallest absolute Gasteiger partial charge is 0.146 e. The average molecular weight is 204 g/mol. The van der Waals surface area contributed by atoms with Gasteiger partial charge in [-0.05, 0) is 5.56 Å². The van der Waals surface area contributed by atoms with E-state index in [1.807, 2.05) is 42.5 Å². The molecule has 0 saturated heterocycles. The molecular weight excluding hydrogens is 188 g/mol. The molecular formula is C13H16O2. The van der Waals surface area contributed by atoms with Gasteiger partial charge in [0.1, 0.15) is 6.79 Å². The highest BCUT2D eigenvalue weighted by Gasteiger charge is 1.80. The van der Waals surface area contributed by atoms with Crippen molar-refractivity contribution in [2.45, 2.75) is 0 Å². The van der Waals surface area contributed by atoms with E-state index in [1.165, 1.54) is 5.56 Å². The Morgan fingerprint density at radius 1 is 1.13 bits per heavy atom. The van der Waals surface area contributed by atoms with E-state index in [9.17, 15) is 0 Å². The third-order valence-electron chi connectivity index (χ3n) is 1.75. The Morgan fingerprint density at radius 2 is 1.93 bits per heavy atom. The lowest BCUT2D eigenvalue weighted by Gasteiger charge is -1.95. The summed E-state index contributed by atoms with van der Waals surface area (Å²) in [7, 11) is 1.61. The van der Waals surface area contributed by atoms with E-state index in [4.69, 9.17) is 9.47 Å². The zero-order valence-electron chi connectivity index (χ0n) is 8.93. The highest BCUT2D eigenvalue weighted by molar-refractivity contribution is 5.50. The van der Waals surface area contributed by atoms with Gasteiger partial charge in [-0.15, -0.1) is 0 Å². The van der Waals surface area contributed by atoms with Gasteiger partial charge in [-0.3, -0.25) is 0 Å². The van der Waals surface area contributed by atoms with Crippen molar-refractivity contribution in [1.82, 2.24) is 0 Å². The van der Waals surface area contributed by atoms with E-state index in [2.05, 4.69) is 12.1 Å². The Labute approximate surface area is 90.8 Å². The second kappa shape index (κ2) is 7.97. The minimum Gasteiger partial charge on any atom is -0.359 e. The average Bonchev–Trinajstić information content (AvgIpc) is 2.29. The van der Waals surface area contributed by atoms with Crippen molar-refractivity contribution in [2.24, 2.45) is 0 Å². The van der Waals surface area contributed by atoms with Crippen LogP contribution in [0.5, 0.6) is 0 Å². The van der Waals surface area contributed by atoms with Gasteiger partial charge in [-0.25, -0.2) is 0 Å². The predicted molar refractivity (Wildman–Crippen MR) is 62.4 cm³/mol. The molecule has 1 aromatic carbocycles. The summed E-state index contributed by atoms with van der Waals surface area (Å²) >= 11 is 0. The molecule has 0 N–H and O–H groups in total. The van der Waals surface area contributed by atoms with Crippen LogP contribution in [0.4, 0.5) is 0 Å². The van der Waals surface area contributed by atoms with Crippen molar-refractivity contribution < 1.29 is 9.47 Å². The molecule has 0 aliphatic rings. The minimum atomic E-state index is 0.340. The maximum Gasteiger partial charge on any atom is 0.146 e. The molecule has 0 aliphatic heterocycles. The van der Waals surface area contributed by atoms with Gasteiger partial charge in [0.2, 0.25) is 0 Å². The predicted octanol–water partition coefficient (Wildman–Crippen LogP) is 2.88. The zero-order valence-corrected chi connectivity index (χ0v) is 8.93. The van der Waals surface area contributed by atoms with Crippen LogP contribution in [-0.2, 0) is 9.47 Å². The molecule has 0 saturated carbocycles. The lowest BCUT2D eigenvalue weighted by atomic mass is 10.2. The van der Waals surface area contributed by atoms with Gasteiger partial charge >= 0.3 is 0 Å². The second-order valence-electron chi connectivity index (χ2n) is 2.98. The van der Waals surface area contributed by atoms with Crippen LogP contribution in [0.15, 0.2) is 48.6 Å². The molecule has 0 bridgehead atoms. The molecule has 1 aromatic rings. The molecule has 15 heavy (non-hydrogen) atoms. The van der Waals surface area contributed by atoms with Gasteiger partial charge < -0.3 is 9.47 Å². The van der Waals surface area contributed by atoms with Crippen molar-refractivity contribution in [1.29, 1.82) is 0 Å². The summed E-state index contributed by atoms with van der Waals surface area (Å²) in [6.07, 6.45) is 7.94. The van der Waals surface area contributed by atoms with Crippen molar-refractivity contribution >= 4 is 6.08 Å². The van der Waals surface area contributed by atoms with Crippen LogP contribution < -0.4 is 0 Å². The molecule has 0 spiro atoms. The number of ether oxygens (including phenoxy) is 2. The summed E-state index contributed by atoms with van der Waals surface area (Å²) in [5, 5.41) is 0. The fraction of sp³-hybridized carbons (Fsp3) is 0.231. The summed E-state index contributed by atoms with van der Waals surface area (Å²) in [6, 6.07) is 10.2. The van der Waals surface area contributed by atoms with Gasteiger partial charge in [-0.2, -0.15) is 0 Å². The fourth-order valence-electron chi connectivity index (χ4n) is 1.06. The summed E-state index contributed by atoms with van der Waals surface area (Å²) in [4.78, 5) is 0. The minimum absolute atomic E-state index is 0.340. The van der Waals surface area contributed by atoms with Crippen LogP contribution in [0.1, 0.15) is 5.56 Å². The number of allylic oxidation sites excluding steroid dienone is 2. The third kappa shape index (κ3) is 5.83. The largest absolute Gasteiger partial charge is 0.359 e. The number of hydrogen-bond donors (Lipinski definition) is 0. The van der Waals surface area contributed by atoms with Crippen LogP contribution in [-0.4, -0.2) is 20.5 Å². The normalized spacial score (nSPS) is 11.5. The van der Waals surface area contributed by atoms with Crippen molar-refractivity contribution in [3.63, 3.8) is 0 Å². The molecule has 0 unspecified atom stereocenters. The van der Waals surface area contributed by atoms with Crippen molar-refractivity contribution in [3.8, 4) is 0 Å². The molecule has 80 valence electrons. The fourth-order valence-corrected chi connectivity index (χ4v) is 1.06. The van der Waals surface area contributed by atoms with Crippen LogP contribution in [0.25, 0.3) is 6.08 Å². The third-order valence-corrected chi connectivity index (χ3v) is 1.75. The summed E-state index contributed by atoms with van der Waals surface area (Å²) in [6.45, 7) is 0.916. The van der Waals surface area contributed by atoms with Crippen molar-refractivity contribution in [3.05, 3.63) is 54.1 Å². The molecule has 0 atom stereocenters. The number of benzene rings is 1. The van der Waals surface area contributed by atoms with Gasteiger partial charge in [0, 0.05) is 7.11 Å². The van der Waals surface area contributed by atoms with E-state index in [1.54, 1.807) is 7.11 Å². The lowest BCUT2D eigenvalue weighted by Crippen LogP contribution is -1.94. The van der Waals surface area contributed by atoms with Gasteiger partial charge in [0.15, 0.2) is 0 Å². The Balaban J connectivity index is 2.22. The van der Waals surface area contributed by atoms with Crippen molar-refractivity contribution in [2.75, 3.05) is 20.5 Å². The van der Waals surface area contributed by atoms with E-state index < -0.39 is 0 Å². The maximum absolute atomic E-state index is 5.09. The number of methoxy groups -OCH3 is 1. The quantitative estimate of drug-likeness (QED) is 0.403. The molecule has 2 heteroatoms. The monoisotopic (exact) mass is 204 g/mol. The SMILES string of the molecule is COCOC/C=C\C=C\c1ccccc1. The Bertz CT molecular complexity index is 302. The molecule has 0 heterocycles. The topological polar surface area (TPSA) is 18.5 Å². The number of hydrogen-bond acceptors (Lipinski definition) is 2. The van der Waals surface area contributed by atoms with E-state index in [0.717, 1.165) is 0 Å². The molecule has 2 nitrogen and oxygen atoms in total. The first kappa shape index (κ1) is 11.7. The lowest BCUT2D eigenvalue weighted by molar-refractivity contribution is -0.0186. The Kier molecular flexibility index (Phi) is 6.21. The molecule has 0 aliphatic carbocycles. The maximum atomic E-state index is 5.09. The van der Waals surface area contributed by atoms with Crippen LogP contribution in [0.3, 0.4) is 0 Å². The van der Waals surface area contributed by atoms with E-state index >= 15 is 0 Å². The summed E-state index contributed by atoms with van der Waals surface area (Å²) in [5.41, 5.74) is 1.19. The van der Waals surface area contributed by atoms with E-state index in [-0.39, 0.29) is 0 Å². The van der Waals surface area contributed by atoms with E-state index in [0.29, 0.717) is 13.4 Å². The van der Waals surface area contributed by atoms with Crippen LogP contribution >= 0.6 is 0 Å². The Hall–Kier alpha value is -1.38. The molecule has 0 amide bonds. The first-order valence-electron chi connectivity index (χ1n) is 4.88. The Morgan fingerprint density at radius 3 is 2.67 bits per heavy atom. The van der Waals surface area contributed by atoms with Gasteiger partial charge in [-0.1, -0.05) is 54.6 Å². The molecule has 1 rings (SSSR count). The first-order valence-corrected chi connectivity index (χ1v) is 4.88. The van der Waals surface area contributed by atoms with Gasteiger partial charge in [0.25, 0.3) is 0 Å². The summed E-state index contributed by atoms with van der Waals surface area (Å²) < 4.78 is 9.84. The standard InChI is InChI=1S/C13H16O2/c1-14-12-15-11-7-3-6-10-13-8-4-2-5-9-13/h2-10H,11-12H2,1H3/b7-3-,10-6+. The first-order chi connectivity index (χ1) is 7.43. The van der Waals surface area contributed by atoms with Crippen LogP contribution in [0.2, 0.25) is 0 Å². The van der Waals surface area contributed by atoms with Gasteiger partial charge in [0.05, 0.1) is 6.61 Å². The summed E-state index contributed by atoms with van der Waals surface area (Å²) in [5.74, 6) is 0.